The molecule has 0 aliphatic carbocycles. The maximum absolute atomic E-state index is 4.28. The third-order valence-electron chi connectivity index (χ3n) is 3.01. The Kier molecular flexibility index (Phi) is 7.60. The molecular formula is C13H27N5. The molecule has 0 radical (unpaired) electrons. The number of hydrogen-bond donors (Lipinski definition) is 1. The molecule has 0 aliphatic heterocycles. The minimum absolute atomic E-state index is 0.809. The summed E-state index contributed by atoms with van der Waals surface area (Å²) in [5.74, 6) is 1.04. The average molecular weight is 253 g/mol. The number of aromatic nitrogens is 3. The van der Waals surface area contributed by atoms with E-state index in [-0.39, 0.29) is 0 Å². The van der Waals surface area contributed by atoms with E-state index in [9.17, 15) is 0 Å². The van der Waals surface area contributed by atoms with E-state index in [0.29, 0.717) is 0 Å². The minimum Gasteiger partial charge on any atom is -0.309 e. The van der Waals surface area contributed by atoms with Crippen LogP contribution in [-0.4, -0.2) is 45.8 Å². The summed E-state index contributed by atoms with van der Waals surface area (Å²) in [6.45, 7) is 12.8. The Hall–Kier alpha value is -0.940. The Morgan fingerprint density at radius 1 is 1.22 bits per heavy atom. The van der Waals surface area contributed by atoms with Crippen molar-refractivity contribution >= 4 is 0 Å². The lowest BCUT2D eigenvalue weighted by Crippen LogP contribution is -2.32. The molecule has 0 saturated carbocycles. The highest BCUT2D eigenvalue weighted by Gasteiger charge is 2.03. The summed E-state index contributed by atoms with van der Waals surface area (Å²) in [5.41, 5.74) is 0. The van der Waals surface area contributed by atoms with Crippen LogP contribution in [-0.2, 0) is 13.1 Å². The smallest absolute Gasteiger partial charge is 0.140 e. The maximum atomic E-state index is 4.28. The van der Waals surface area contributed by atoms with Gasteiger partial charge in [0.1, 0.15) is 12.2 Å². The number of aryl methyl sites for hydroxylation is 1. The number of hydrogen-bond acceptors (Lipinski definition) is 4. The lowest BCUT2D eigenvalue weighted by molar-refractivity contribution is 0.287. The molecule has 0 unspecified atom stereocenters. The number of nitrogens with zero attached hydrogens (tertiary/aromatic N) is 4. The first-order valence-corrected chi connectivity index (χ1v) is 7.11. The number of likely N-dealkylation sites (N-methyl/N-ethyl adjacent to an activating group) is 1. The molecule has 5 nitrogen and oxygen atoms in total. The van der Waals surface area contributed by atoms with Gasteiger partial charge >= 0.3 is 0 Å². The van der Waals surface area contributed by atoms with Gasteiger partial charge in [-0.15, -0.1) is 0 Å². The maximum Gasteiger partial charge on any atom is 0.140 e. The van der Waals surface area contributed by atoms with Crippen molar-refractivity contribution in [3.8, 4) is 0 Å². The first-order chi connectivity index (χ1) is 8.81. The highest BCUT2D eigenvalue weighted by molar-refractivity contribution is 4.83. The van der Waals surface area contributed by atoms with Crippen molar-refractivity contribution in [3.63, 3.8) is 0 Å². The summed E-state index contributed by atoms with van der Waals surface area (Å²) in [4.78, 5) is 6.75. The summed E-state index contributed by atoms with van der Waals surface area (Å²) in [7, 11) is 0. The standard InChI is InChI=1S/C13H27N5/c1-4-8-17(6-3)10-7-14-11-13-15-12-16-18(13)9-5-2/h12,14H,4-11H2,1-3H3. The van der Waals surface area contributed by atoms with Gasteiger partial charge in [0.15, 0.2) is 0 Å². The molecule has 0 spiro atoms. The van der Waals surface area contributed by atoms with Crippen LogP contribution < -0.4 is 5.32 Å². The SMILES string of the molecule is CCCN(CC)CCNCc1ncnn1CCC. The summed E-state index contributed by atoms with van der Waals surface area (Å²) in [6.07, 6.45) is 3.96. The van der Waals surface area contributed by atoms with Gasteiger partial charge in [-0.3, -0.25) is 0 Å². The second kappa shape index (κ2) is 9.05. The molecule has 5 heteroatoms. The quantitative estimate of drug-likeness (QED) is 0.642. The predicted octanol–water partition coefficient (Wildman–Crippen LogP) is 1.51. The Balaban J connectivity index is 2.22. The van der Waals surface area contributed by atoms with E-state index in [4.69, 9.17) is 0 Å². The average Bonchev–Trinajstić information content (AvgIpc) is 2.81. The molecule has 104 valence electrons. The van der Waals surface area contributed by atoms with Crippen molar-refractivity contribution in [1.29, 1.82) is 0 Å². The van der Waals surface area contributed by atoms with Crippen LogP contribution in [0.4, 0.5) is 0 Å². The zero-order chi connectivity index (χ0) is 13.2. The van der Waals surface area contributed by atoms with Crippen molar-refractivity contribution < 1.29 is 0 Å². The van der Waals surface area contributed by atoms with Gasteiger partial charge in [0, 0.05) is 19.6 Å². The van der Waals surface area contributed by atoms with Gasteiger partial charge in [-0.1, -0.05) is 20.8 Å². The van der Waals surface area contributed by atoms with E-state index >= 15 is 0 Å². The highest BCUT2D eigenvalue weighted by atomic mass is 15.3. The molecule has 18 heavy (non-hydrogen) atoms. The normalized spacial score (nSPS) is 11.3. The molecular weight excluding hydrogens is 226 g/mol. The Morgan fingerprint density at radius 2 is 2.06 bits per heavy atom. The first-order valence-electron chi connectivity index (χ1n) is 7.11. The largest absolute Gasteiger partial charge is 0.309 e. The van der Waals surface area contributed by atoms with Crippen LogP contribution >= 0.6 is 0 Å². The molecule has 1 aromatic rings. The molecule has 0 amide bonds. The van der Waals surface area contributed by atoms with E-state index in [1.807, 2.05) is 4.68 Å². The molecule has 0 atom stereocenters. The van der Waals surface area contributed by atoms with E-state index < -0.39 is 0 Å². The van der Waals surface area contributed by atoms with Crippen LogP contribution in [0.1, 0.15) is 39.4 Å². The summed E-state index contributed by atoms with van der Waals surface area (Å²) in [5, 5.41) is 7.67. The monoisotopic (exact) mass is 253 g/mol. The fourth-order valence-electron chi connectivity index (χ4n) is 2.01. The number of nitrogens with one attached hydrogen (secondary N) is 1. The molecule has 0 bridgehead atoms. The Morgan fingerprint density at radius 3 is 2.72 bits per heavy atom. The van der Waals surface area contributed by atoms with Gasteiger partial charge in [0.25, 0.3) is 0 Å². The Bertz CT molecular complexity index is 310. The van der Waals surface area contributed by atoms with Crippen molar-refractivity contribution in [2.24, 2.45) is 0 Å². The van der Waals surface area contributed by atoms with Crippen LogP contribution in [0.25, 0.3) is 0 Å². The second-order valence-electron chi connectivity index (χ2n) is 4.51. The zero-order valence-corrected chi connectivity index (χ0v) is 12.0. The van der Waals surface area contributed by atoms with Crippen LogP contribution in [0.15, 0.2) is 6.33 Å². The van der Waals surface area contributed by atoms with Gasteiger partial charge in [0.2, 0.25) is 0 Å². The fraction of sp³-hybridized carbons (Fsp3) is 0.846. The van der Waals surface area contributed by atoms with E-state index in [0.717, 1.165) is 45.0 Å². The number of rotatable bonds is 10. The van der Waals surface area contributed by atoms with E-state index in [1.165, 1.54) is 13.0 Å². The highest BCUT2D eigenvalue weighted by Crippen LogP contribution is 1.95. The van der Waals surface area contributed by atoms with E-state index in [2.05, 4.69) is 41.1 Å². The van der Waals surface area contributed by atoms with Crippen LogP contribution in [0.2, 0.25) is 0 Å². The van der Waals surface area contributed by atoms with Gasteiger partial charge < -0.3 is 10.2 Å². The predicted molar refractivity (Wildman–Crippen MR) is 74.4 cm³/mol. The lowest BCUT2D eigenvalue weighted by Gasteiger charge is -2.19. The molecule has 0 saturated heterocycles. The first kappa shape index (κ1) is 15.1. The van der Waals surface area contributed by atoms with Crippen LogP contribution in [0.3, 0.4) is 0 Å². The zero-order valence-electron chi connectivity index (χ0n) is 12.0. The van der Waals surface area contributed by atoms with Crippen LogP contribution in [0, 0.1) is 0 Å². The third kappa shape index (κ3) is 5.14. The lowest BCUT2D eigenvalue weighted by atomic mass is 10.4. The van der Waals surface area contributed by atoms with Crippen LogP contribution in [0.5, 0.6) is 0 Å². The topological polar surface area (TPSA) is 46.0 Å². The van der Waals surface area contributed by atoms with Gasteiger partial charge in [-0.2, -0.15) is 5.10 Å². The third-order valence-corrected chi connectivity index (χ3v) is 3.01. The van der Waals surface area contributed by atoms with E-state index in [1.54, 1.807) is 6.33 Å². The summed E-state index contributed by atoms with van der Waals surface area (Å²) < 4.78 is 1.98. The van der Waals surface area contributed by atoms with Gasteiger partial charge in [0.05, 0.1) is 6.54 Å². The van der Waals surface area contributed by atoms with Crippen molar-refractivity contribution in [1.82, 2.24) is 25.0 Å². The summed E-state index contributed by atoms with van der Waals surface area (Å²) in [6, 6.07) is 0. The molecule has 1 aromatic heterocycles. The molecule has 0 fully saturated rings. The second-order valence-corrected chi connectivity index (χ2v) is 4.51. The Labute approximate surface area is 111 Å². The minimum atomic E-state index is 0.809. The molecule has 0 aliphatic rings. The van der Waals surface area contributed by atoms with Gasteiger partial charge in [-0.05, 0) is 25.9 Å². The van der Waals surface area contributed by atoms with Gasteiger partial charge in [-0.25, -0.2) is 9.67 Å². The molecule has 1 N–H and O–H groups in total. The molecule has 1 heterocycles. The van der Waals surface area contributed by atoms with Crippen molar-refractivity contribution in [2.45, 2.75) is 46.7 Å². The van der Waals surface area contributed by atoms with Crippen molar-refractivity contribution in [2.75, 3.05) is 26.2 Å². The molecule has 1 rings (SSSR count). The van der Waals surface area contributed by atoms with Crippen molar-refractivity contribution in [3.05, 3.63) is 12.2 Å². The summed E-state index contributed by atoms with van der Waals surface area (Å²) >= 11 is 0. The fourth-order valence-corrected chi connectivity index (χ4v) is 2.01. The molecule has 0 aromatic carbocycles.